The Labute approximate surface area is 138 Å². The molecule has 0 aromatic carbocycles. The van der Waals surface area contributed by atoms with Gasteiger partial charge in [-0.15, -0.1) is 0 Å². The van der Waals surface area contributed by atoms with Crippen LogP contribution >= 0.6 is 0 Å². The monoisotopic (exact) mass is 319 g/mol. The zero-order chi connectivity index (χ0) is 16.8. The van der Waals surface area contributed by atoms with E-state index in [4.69, 9.17) is 4.74 Å². The molecule has 1 N–H and O–H groups in total. The Kier molecular flexibility index (Phi) is 4.15. The first-order chi connectivity index (χ1) is 10.7. The molecule has 2 heterocycles. The second-order valence-electron chi connectivity index (χ2n) is 8.40. The fourth-order valence-electron chi connectivity index (χ4n) is 3.58. The van der Waals surface area contributed by atoms with Gasteiger partial charge in [0.2, 0.25) is 0 Å². The normalized spacial score (nSPS) is 22.0. The lowest BCUT2D eigenvalue weighted by molar-refractivity contribution is 0.00777. The molecule has 0 spiro atoms. The minimum absolute atomic E-state index is 0.210. The number of nitrogens with one attached hydrogen (secondary N) is 1. The van der Waals surface area contributed by atoms with Crippen LogP contribution in [0.1, 0.15) is 63.9 Å². The molecule has 23 heavy (non-hydrogen) atoms. The van der Waals surface area contributed by atoms with Gasteiger partial charge in [0.05, 0.1) is 5.69 Å². The second-order valence-corrected chi connectivity index (χ2v) is 8.40. The maximum Gasteiger partial charge on any atom is 0.410 e. The summed E-state index contributed by atoms with van der Waals surface area (Å²) in [5.74, 6) is 1.82. The number of likely N-dealkylation sites (tertiary alicyclic amines) is 1. The van der Waals surface area contributed by atoms with Gasteiger partial charge in [0.15, 0.2) is 0 Å². The average Bonchev–Trinajstić information content (AvgIpc) is 2.78. The molecule has 1 aromatic rings. The number of hydrogen-bond acceptors (Lipinski definition) is 3. The van der Waals surface area contributed by atoms with E-state index < -0.39 is 5.60 Å². The minimum Gasteiger partial charge on any atom is -0.444 e. The van der Waals surface area contributed by atoms with Gasteiger partial charge in [0.25, 0.3) is 0 Å². The van der Waals surface area contributed by atoms with Crippen LogP contribution in [-0.4, -0.2) is 39.9 Å². The molecule has 3 rings (SSSR count). The topological polar surface area (TPSA) is 58.2 Å². The van der Waals surface area contributed by atoms with Crippen LogP contribution in [-0.2, 0) is 17.6 Å². The van der Waals surface area contributed by atoms with Crippen LogP contribution < -0.4 is 0 Å². The third-order valence-electron chi connectivity index (χ3n) is 5.08. The Morgan fingerprint density at radius 1 is 1.35 bits per heavy atom. The maximum absolute atomic E-state index is 12.1. The fourth-order valence-corrected chi connectivity index (χ4v) is 3.58. The van der Waals surface area contributed by atoms with Crippen LogP contribution in [0.15, 0.2) is 0 Å². The molecule has 1 aliphatic heterocycles. The number of aromatic amines is 1. The predicted octanol–water partition coefficient (Wildman–Crippen LogP) is 3.50. The predicted molar refractivity (Wildman–Crippen MR) is 89.5 cm³/mol. The highest BCUT2D eigenvalue weighted by atomic mass is 16.6. The number of ether oxygens (including phenoxy) is 1. The lowest BCUT2D eigenvalue weighted by Crippen LogP contribution is -2.50. The number of carbonyl (C=O) groups is 1. The van der Waals surface area contributed by atoms with Crippen LogP contribution in [0.5, 0.6) is 0 Å². The lowest BCUT2D eigenvalue weighted by Gasteiger charge is -2.39. The summed E-state index contributed by atoms with van der Waals surface area (Å²) in [7, 11) is 0. The molecule has 1 saturated heterocycles. The van der Waals surface area contributed by atoms with Crippen molar-refractivity contribution < 1.29 is 9.53 Å². The van der Waals surface area contributed by atoms with Gasteiger partial charge in [0, 0.05) is 24.7 Å². The zero-order valence-corrected chi connectivity index (χ0v) is 15.0. The lowest BCUT2D eigenvalue weighted by atomic mass is 9.78. The summed E-state index contributed by atoms with van der Waals surface area (Å²) in [4.78, 5) is 13.8. The number of rotatable bonds is 2. The summed E-state index contributed by atoms with van der Waals surface area (Å²) < 4.78 is 5.43. The van der Waals surface area contributed by atoms with Gasteiger partial charge in [-0.3, -0.25) is 5.10 Å². The quantitative estimate of drug-likeness (QED) is 0.907. The third kappa shape index (κ3) is 3.38. The van der Waals surface area contributed by atoms with Crippen molar-refractivity contribution in [2.24, 2.45) is 11.8 Å². The van der Waals surface area contributed by atoms with E-state index in [9.17, 15) is 4.79 Å². The molecule has 5 nitrogen and oxygen atoms in total. The highest BCUT2D eigenvalue weighted by Crippen LogP contribution is 2.36. The molecule has 128 valence electrons. The van der Waals surface area contributed by atoms with E-state index in [1.807, 2.05) is 20.8 Å². The van der Waals surface area contributed by atoms with E-state index in [2.05, 4.69) is 24.0 Å². The summed E-state index contributed by atoms with van der Waals surface area (Å²) >= 11 is 0. The number of H-pyrrole nitrogens is 1. The molecule has 2 aliphatic rings. The fraction of sp³-hybridized carbons (Fsp3) is 0.778. The van der Waals surface area contributed by atoms with Crippen molar-refractivity contribution in [1.29, 1.82) is 0 Å². The van der Waals surface area contributed by atoms with E-state index in [0.717, 1.165) is 31.8 Å². The maximum atomic E-state index is 12.1. The molecule has 1 aliphatic carbocycles. The Hall–Kier alpha value is -1.52. The van der Waals surface area contributed by atoms with Crippen molar-refractivity contribution in [2.45, 2.75) is 65.4 Å². The number of aryl methyl sites for hydroxylation is 1. The molecule has 1 unspecified atom stereocenters. The zero-order valence-electron chi connectivity index (χ0n) is 15.0. The molecular weight excluding hydrogens is 290 g/mol. The van der Waals surface area contributed by atoms with E-state index in [-0.39, 0.29) is 6.09 Å². The van der Waals surface area contributed by atoms with Gasteiger partial charge in [-0.25, -0.2) is 4.79 Å². The highest BCUT2D eigenvalue weighted by molar-refractivity contribution is 5.69. The minimum atomic E-state index is -0.432. The summed E-state index contributed by atoms with van der Waals surface area (Å²) in [6.07, 6.45) is 3.27. The van der Waals surface area contributed by atoms with E-state index in [1.54, 1.807) is 4.90 Å². The van der Waals surface area contributed by atoms with Crippen LogP contribution in [0.25, 0.3) is 0 Å². The first-order valence-electron chi connectivity index (χ1n) is 8.78. The summed E-state index contributed by atoms with van der Waals surface area (Å²) in [6, 6.07) is 0. The van der Waals surface area contributed by atoms with Gasteiger partial charge >= 0.3 is 6.09 Å². The summed E-state index contributed by atoms with van der Waals surface area (Å²) in [5, 5.41) is 7.81. The van der Waals surface area contributed by atoms with Crippen molar-refractivity contribution in [1.82, 2.24) is 15.1 Å². The molecule has 0 saturated carbocycles. The van der Waals surface area contributed by atoms with Crippen molar-refractivity contribution in [3.63, 3.8) is 0 Å². The Morgan fingerprint density at radius 2 is 2.04 bits per heavy atom. The van der Waals surface area contributed by atoms with Gasteiger partial charge in [-0.2, -0.15) is 5.10 Å². The SMILES string of the molecule is CC(C)C1CCc2[nH]nc(C3CN(C(=O)OC(C)(C)C)C3)c2C1. The number of aromatic nitrogens is 2. The first-order valence-corrected chi connectivity index (χ1v) is 8.78. The van der Waals surface area contributed by atoms with Gasteiger partial charge in [0.1, 0.15) is 5.60 Å². The molecule has 0 bridgehead atoms. The summed E-state index contributed by atoms with van der Waals surface area (Å²) in [6.45, 7) is 11.8. The largest absolute Gasteiger partial charge is 0.444 e. The van der Waals surface area contributed by atoms with Crippen LogP contribution in [0.3, 0.4) is 0 Å². The van der Waals surface area contributed by atoms with E-state index in [0.29, 0.717) is 11.8 Å². The smallest absolute Gasteiger partial charge is 0.410 e. The Balaban J connectivity index is 1.63. The van der Waals surface area contributed by atoms with Crippen molar-refractivity contribution in [3.8, 4) is 0 Å². The Morgan fingerprint density at radius 3 is 2.65 bits per heavy atom. The Bertz CT molecular complexity index is 580. The molecule has 1 fully saturated rings. The molecule has 0 radical (unpaired) electrons. The van der Waals surface area contributed by atoms with E-state index >= 15 is 0 Å². The number of amides is 1. The van der Waals surface area contributed by atoms with E-state index in [1.165, 1.54) is 23.4 Å². The van der Waals surface area contributed by atoms with Gasteiger partial charge < -0.3 is 9.64 Å². The van der Waals surface area contributed by atoms with Gasteiger partial charge in [-0.05, 0) is 57.4 Å². The van der Waals surface area contributed by atoms with Crippen molar-refractivity contribution in [2.75, 3.05) is 13.1 Å². The summed E-state index contributed by atoms with van der Waals surface area (Å²) in [5.41, 5.74) is 3.49. The molecule has 1 aromatic heterocycles. The number of fused-ring (bicyclic) bond motifs is 1. The molecule has 1 atom stereocenters. The number of hydrogen-bond donors (Lipinski definition) is 1. The number of nitrogens with zero attached hydrogens (tertiary/aromatic N) is 2. The highest BCUT2D eigenvalue weighted by Gasteiger charge is 2.38. The average molecular weight is 319 g/mol. The van der Waals surface area contributed by atoms with Crippen molar-refractivity contribution in [3.05, 3.63) is 17.0 Å². The standard InChI is InChI=1S/C18H29N3O2/c1-11(2)12-6-7-15-14(8-12)16(20-19-15)13-9-21(10-13)17(22)23-18(3,4)5/h11-13H,6-10H2,1-5H3,(H,19,20). The molecule has 5 heteroatoms. The molecule has 1 amide bonds. The second kappa shape index (κ2) is 5.84. The third-order valence-corrected chi connectivity index (χ3v) is 5.08. The van der Waals surface area contributed by atoms with Crippen molar-refractivity contribution >= 4 is 6.09 Å². The van der Waals surface area contributed by atoms with Crippen LogP contribution in [0.4, 0.5) is 4.79 Å². The van der Waals surface area contributed by atoms with Crippen LogP contribution in [0, 0.1) is 11.8 Å². The van der Waals surface area contributed by atoms with Crippen LogP contribution in [0.2, 0.25) is 0 Å². The molecular formula is C18H29N3O2. The number of carbonyl (C=O) groups excluding carboxylic acids is 1. The van der Waals surface area contributed by atoms with Gasteiger partial charge in [-0.1, -0.05) is 13.8 Å². The first kappa shape index (κ1) is 16.3.